The van der Waals surface area contributed by atoms with E-state index in [0.29, 0.717) is 23.4 Å². The van der Waals surface area contributed by atoms with Gasteiger partial charge in [-0.25, -0.2) is 4.98 Å². The Morgan fingerprint density at radius 2 is 2.05 bits per heavy atom. The number of alkyl halides is 1. The van der Waals surface area contributed by atoms with Crippen LogP contribution in [0, 0.1) is 5.92 Å². The third kappa shape index (κ3) is 4.83. The zero-order valence-electron chi connectivity index (χ0n) is 12.2. The summed E-state index contributed by atoms with van der Waals surface area (Å²) in [6.07, 6.45) is 1.39. The van der Waals surface area contributed by atoms with Gasteiger partial charge in [-0.05, 0) is 17.9 Å². The maximum absolute atomic E-state index is 11.5. The van der Waals surface area contributed by atoms with Crippen LogP contribution in [0.5, 0.6) is 0 Å². The molecule has 0 aliphatic heterocycles. The first-order valence-electron chi connectivity index (χ1n) is 6.99. The second-order valence-electron chi connectivity index (χ2n) is 5.32. The highest BCUT2D eigenvalue weighted by atomic mass is 35.5. The molecule has 112 valence electrons. The number of anilines is 1. The molecule has 2 rings (SSSR count). The van der Waals surface area contributed by atoms with Gasteiger partial charge in [-0.3, -0.25) is 4.79 Å². The first-order valence-corrected chi connectivity index (χ1v) is 8.40. The van der Waals surface area contributed by atoms with Crippen LogP contribution in [0.25, 0.3) is 11.3 Å². The summed E-state index contributed by atoms with van der Waals surface area (Å²) in [6.45, 7) is 4.42. The molecular weight excluding hydrogens is 304 g/mol. The lowest BCUT2D eigenvalue weighted by Gasteiger charge is -2.05. The van der Waals surface area contributed by atoms with Gasteiger partial charge in [0, 0.05) is 23.2 Å². The summed E-state index contributed by atoms with van der Waals surface area (Å²) >= 11 is 6.96. The van der Waals surface area contributed by atoms with Crippen molar-refractivity contribution in [1.29, 1.82) is 0 Å². The molecule has 2 aromatic rings. The van der Waals surface area contributed by atoms with Gasteiger partial charge < -0.3 is 5.32 Å². The number of carbonyl (C=O) groups is 1. The molecule has 1 N–H and O–H groups in total. The van der Waals surface area contributed by atoms with Gasteiger partial charge in [0.05, 0.1) is 5.69 Å². The molecule has 5 heteroatoms. The van der Waals surface area contributed by atoms with E-state index in [1.165, 1.54) is 16.9 Å². The normalized spacial score (nSPS) is 10.9. The van der Waals surface area contributed by atoms with Gasteiger partial charge in [0.15, 0.2) is 5.13 Å². The number of nitrogens with zero attached hydrogens (tertiary/aromatic N) is 1. The topological polar surface area (TPSA) is 42.0 Å². The summed E-state index contributed by atoms with van der Waals surface area (Å²) in [7, 11) is 0. The smallest absolute Gasteiger partial charge is 0.227 e. The molecule has 3 nitrogen and oxygen atoms in total. The van der Waals surface area contributed by atoms with Crippen LogP contribution in [0.15, 0.2) is 29.6 Å². The molecule has 1 amide bonds. The minimum Gasteiger partial charge on any atom is -0.302 e. The zero-order valence-corrected chi connectivity index (χ0v) is 13.8. The lowest BCUT2D eigenvalue weighted by Crippen LogP contribution is -2.11. The average Bonchev–Trinajstić information content (AvgIpc) is 2.87. The van der Waals surface area contributed by atoms with Gasteiger partial charge in [0.1, 0.15) is 0 Å². The van der Waals surface area contributed by atoms with Gasteiger partial charge in [0.25, 0.3) is 0 Å². The quantitative estimate of drug-likeness (QED) is 0.791. The van der Waals surface area contributed by atoms with Crippen molar-refractivity contribution in [2.24, 2.45) is 5.92 Å². The van der Waals surface area contributed by atoms with E-state index in [-0.39, 0.29) is 5.91 Å². The third-order valence-electron chi connectivity index (χ3n) is 2.97. The second-order valence-corrected chi connectivity index (χ2v) is 6.56. The molecule has 0 aliphatic rings. The first-order chi connectivity index (χ1) is 10.1. The Kier molecular flexibility index (Phi) is 5.76. The van der Waals surface area contributed by atoms with Crippen LogP contribution in [0.3, 0.4) is 0 Å². The summed E-state index contributed by atoms with van der Waals surface area (Å²) < 4.78 is 0. The summed E-state index contributed by atoms with van der Waals surface area (Å²) in [6, 6.07) is 8.44. The fraction of sp³-hybridized carbons (Fsp3) is 0.375. The van der Waals surface area contributed by atoms with E-state index in [0.717, 1.165) is 17.7 Å². The maximum Gasteiger partial charge on any atom is 0.227 e. The SMILES string of the molecule is CC(C)Cc1ccc(-c2csc(NC(=O)CCCl)n2)cc1. The zero-order chi connectivity index (χ0) is 15.2. The Bertz CT molecular complexity index is 593. The minimum absolute atomic E-state index is 0.0989. The molecule has 1 aromatic heterocycles. The van der Waals surface area contributed by atoms with E-state index in [1.54, 1.807) is 0 Å². The summed E-state index contributed by atoms with van der Waals surface area (Å²) in [5, 5.41) is 5.32. The largest absolute Gasteiger partial charge is 0.302 e. The Morgan fingerprint density at radius 3 is 2.67 bits per heavy atom. The number of hydrogen-bond acceptors (Lipinski definition) is 3. The van der Waals surface area contributed by atoms with Crippen LogP contribution in [-0.2, 0) is 11.2 Å². The molecule has 21 heavy (non-hydrogen) atoms. The van der Waals surface area contributed by atoms with E-state index in [4.69, 9.17) is 11.6 Å². The Morgan fingerprint density at radius 1 is 1.33 bits per heavy atom. The van der Waals surface area contributed by atoms with Crippen LogP contribution < -0.4 is 5.32 Å². The molecule has 1 aromatic carbocycles. The Balaban J connectivity index is 2.05. The number of halogens is 1. The maximum atomic E-state index is 11.5. The Labute approximate surface area is 134 Å². The molecule has 0 fully saturated rings. The number of benzene rings is 1. The van der Waals surface area contributed by atoms with E-state index >= 15 is 0 Å². The summed E-state index contributed by atoms with van der Waals surface area (Å²) in [5.41, 5.74) is 3.29. The average molecular weight is 323 g/mol. The number of carbonyl (C=O) groups excluding carboxylic acids is 1. The number of hydrogen-bond donors (Lipinski definition) is 1. The molecule has 0 atom stereocenters. The van der Waals surface area contributed by atoms with Crippen LogP contribution >= 0.6 is 22.9 Å². The predicted octanol–water partition coefficient (Wildman–Crippen LogP) is 4.58. The van der Waals surface area contributed by atoms with Crippen LogP contribution in [0.4, 0.5) is 5.13 Å². The van der Waals surface area contributed by atoms with Crippen molar-refractivity contribution < 1.29 is 4.79 Å². The van der Waals surface area contributed by atoms with Crippen molar-refractivity contribution in [3.63, 3.8) is 0 Å². The highest BCUT2D eigenvalue weighted by Gasteiger charge is 2.08. The third-order valence-corrected chi connectivity index (χ3v) is 3.91. The lowest BCUT2D eigenvalue weighted by atomic mass is 10.0. The van der Waals surface area contributed by atoms with Crippen molar-refractivity contribution in [2.75, 3.05) is 11.2 Å². The van der Waals surface area contributed by atoms with Crippen LogP contribution in [0.2, 0.25) is 0 Å². The first kappa shape index (κ1) is 16.0. The van der Waals surface area contributed by atoms with Crippen molar-refractivity contribution >= 4 is 34.0 Å². The van der Waals surface area contributed by atoms with Gasteiger partial charge >= 0.3 is 0 Å². The molecule has 0 radical (unpaired) electrons. The minimum atomic E-state index is -0.0989. The van der Waals surface area contributed by atoms with E-state index in [1.807, 2.05) is 5.38 Å². The number of nitrogens with one attached hydrogen (secondary N) is 1. The lowest BCUT2D eigenvalue weighted by molar-refractivity contribution is -0.115. The predicted molar refractivity (Wildman–Crippen MR) is 90.1 cm³/mol. The van der Waals surface area contributed by atoms with Crippen molar-refractivity contribution in [3.8, 4) is 11.3 Å². The summed E-state index contributed by atoms with van der Waals surface area (Å²) in [4.78, 5) is 15.9. The molecule has 1 heterocycles. The summed E-state index contributed by atoms with van der Waals surface area (Å²) in [5.74, 6) is 0.874. The molecule has 0 saturated heterocycles. The van der Waals surface area contributed by atoms with Gasteiger partial charge in [-0.2, -0.15) is 0 Å². The second kappa shape index (κ2) is 7.57. The number of amides is 1. The Hall–Kier alpha value is -1.39. The van der Waals surface area contributed by atoms with E-state index < -0.39 is 0 Å². The van der Waals surface area contributed by atoms with E-state index in [9.17, 15) is 4.79 Å². The fourth-order valence-electron chi connectivity index (χ4n) is 2.01. The number of aromatic nitrogens is 1. The van der Waals surface area contributed by atoms with Crippen molar-refractivity contribution in [3.05, 3.63) is 35.2 Å². The van der Waals surface area contributed by atoms with Crippen molar-refractivity contribution in [1.82, 2.24) is 4.98 Å². The van der Waals surface area contributed by atoms with Gasteiger partial charge in [0.2, 0.25) is 5.91 Å². The number of thiazole rings is 1. The molecule has 0 bridgehead atoms. The van der Waals surface area contributed by atoms with Gasteiger partial charge in [-0.1, -0.05) is 38.1 Å². The molecule has 0 aliphatic carbocycles. The van der Waals surface area contributed by atoms with E-state index in [2.05, 4.69) is 48.4 Å². The fourth-order valence-corrected chi connectivity index (χ4v) is 2.92. The standard InChI is InChI=1S/C16H19ClN2OS/c1-11(2)9-12-3-5-13(6-4-12)14-10-21-16(18-14)19-15(20)7-8-17/h3-6,10-11H,7-9H2,1-2H3,(H,18,19,20). The molecule has 0 saturated carbocycles. The monoisotopic (exact) mass is 322 g/mol. The number of rotatable bonds is 6. The highest BCUT2D eigenvalue weighted by molar-refractivity contribution is 7.14. The van der Waals surface area contributed by atoms with Gasteiger partial charge in [-0.15, -0.1) is 22.9 Å². The van der Waals surface area contributed by atoms with Crippen LogP contribution in [-0.4, -0.2) is 16.8 Å². The molecule has 0 spiro atoms. The van der Waals surface area contributed by atoms with Crippen LogP contribution in [0.1, 0.15) is 25.8 Å². The molecule has 0 unspecified atom stereocenters. The highest BCUT2D eigenvalue weighted by Crippen LogP contribution is 2.25. The van der Waals surface area contributed by atoms with Crippen molar-refractivity contribution in [2.45, 2.75) is 26.7 Å². The molecular formula is C16H19ClN2OS.